The predicted octanol–water partition coefficient (Wildman–Crippen LogP) is 12.5. The zero-order chi connectivity index (χ0) is 28.3. The lowest BCUT2D eigenvalue weighted by Crippen LogP contribution is -1.85. The van der Waals surface area contributed by atoms with E-state index in [-0.39, 0.29) is 0 Å². The molecule has 0 amide bonds. The van der Waals surface area contributed by atoms with Crippen LogP contribution in [0, 0.1) is 6.92 Å². The summed E-state index contributed by atoms with van der Waals surface area (Å²) < 4.78 is 0. The highest BCUT2D eigenvalue weighted by Gasteiger charge is 2.07. The van der Waals surface area contributed by atoms with Crippen LogP contribution in [0.2, 0.25) is 0 Å². The highest BCUT2D eigenvalue weighted by atomic mass is 32.1. The van der Waals surface area contributed by atoms with Crippen LogP contribution in [0.5, 0.6) is 0 Å². The van der Waals surface area contributed by atoms with Gasteiger partial charge in [-0.1, -0.05) is 145 Å². The van der Waals surface area contributed by atoms with E-state index in [9.17, 15) is 0 Å². The molecular formula is C37H48S. The average Bonchev–Trinajstić information content (AvgIpc) is 3.47. The second kappa shape index (κ2) is 19.0. The molecule has 1 aliphatic carbocycles. The van der Waals surface area contributed by atoms with Crippen molar-refractivity contribution in [1.29, 1.82) is 0 Å². The summed E-state index contributed by atoms with van der Waals surface area (Å²) in [5, 5.41) is 0. The monoisotopic (exact) mass is 524 g/mol. The van der Waals surface area contributed by atoms with Crippen LogP contribution < -0.4 is 0 Å². The third kappa shape index (κ3) is 11.1. The normalized spacial score (nSPS) is 12.4. The fraction of sp³-hybridized carbons (Fsp3) is 0.297. The van der Waals surface area contributed by atoms with Gasteiger partial charge in [-0.3, -0.25) is 0 Å². The van der Waals surface area contributed by atoms with Crippen molar-refractivity contribution in [3.63, 3.8) is 0 Å². The third-order valence-electron chi connectivity index (χ3n) is 5.85. The lowest BCUT2D eigenvalue weighted by Gasteiger charge is -2.06. The van der Waals surface area contributed by atoms with Crippen LogP contribution >= 0.6 is 11.3 Å². The number of benzene rings is 2. The van der Waals surface area contributed by atoms with Gasteiger partial charge in [0.2, 0.25) is 0 Å². The minimum atomic E-state index is 0.598. The molecular weight excluding hydrogens is 476 g/mol. The Labute approximate surface area is 237 Å². The SMILES string of the molecule is C=C/C=C\C=C(/C)c1ccc(C)cc1.CC.CC.CC(C)c1ccc(-c2ccc(C3=CCCC=C3)s2)cc1. The van der Waals surface area contributed by atoms with Gasteiger partial charge in [0.25, 0.3) is 0 Å². The number of hydrogen-bond acceptors (Lipinski definition) is 1. The van der Waals surface area contributed by atoms with Gasteiger partial charge in [0.15, 0.2) is 0 Å². The highest BCUT2D eigenvalue weighted by molar-refractivity contribution is 7.16. The Morgan fingerprint density at radius 2 is 1.45 bits per heavy atom. The summed E-state index contributed by atoms with van der Waals surface area (Å²) in [5.41, 5.74) is 7.94. The largest absolute Gasteiger partial charge is 0.135 e. The van der Waals surface area contributed by atoms with Gasteiger partial charge in [0, 0.05) is 9.75 Å². The lowest BCUT2D eigenvalue weighted by atomic mass is 10.0. The van der Waals surface area contributed by atoms with E-state index >= 15 is 0 Å². The lowest BCUT2D eigenvalue weighted by molar-refractivity contribution is 0.867. The first kappa shape index (κ1) is 32.9. The van der Waals surface area contributed by atoms with Crippen molar-refractivity contribution in [2.45, 2.75) is 74.1 Å². The number of rotatable bonds is 6. The molecule has 0 N–H and O–H groups in total. The molecule has 0 unspecified atom stereocenters. The van der Waals surface area contributed by atoms with Crippen LogP contribution in [0.3, 0.4) is 0 Å². The van der Waals surface area contributed by atoms with Crippen LogP contribution in [-0.2, 0) is 0 Å². The number of allylic oxidation sites excluding steroid dienone is 9. The molecule has 38 heavy (non-hydrogen) atoms. The van der Waals surface area contributed by atoms with Gasteiger partial charge in [0.1, 0.15) is 0 Å². The molecule has 1 aliphatic rings. The van der Waals surface area contributed by atoms with Crippen molar-refractivity contribution in [3.05, 3.63) is 131 Å². The maximum atomic E-state index is 3.63. The fourth-order valence-electron chi connectivity index (χ4n) is 3.67. The van der Waals surface area contributed by atoms with Gasteiger partial charge in [-0.15, -0.1) is 11.3 Å². The Kier molecular flexibility index (Phi) is 16.4. The maximum absolute atomic E-state index is 3.63. The topological polar surface area (TPSA) is 0 Å². The number of hydrogen-bond donors (Lipinski definition) is 0. The zero-order valence-corrected chi connectivity index (χ0v) is 25.7. The van der Waals surface area contributed by atoms with Crippen LogP contribution in [0.4, 0.5) is 0 Å². The molecule has 0 bridgehead atoms. The van der Waals surface area contributed by atoms with E-state index in [4.69, 9.17) is 0 Å². The molecule has 0 fully saturated rings. The van der Waals surface area contributed by atoms with Gasteiger partial charge in [-0.05, 0) is 72.6 Å². The summed E-state index contributed by atoms with van der Waals surface area (Å²) in [4.78, 5) is 2.74. The summed E-state index contributed by atoms with van der Waals surface area (Å²) in [6, 6.07) is 22.0. The van der Waals surface area contributed by atoms with E-state index < -0.39 is 0 Å². The van der Waals surface area contributed by atoms with Crippen molar-refractivity contribution in [3.8, 4) is 10.4 Å². The van der Waals surface area contributed by atoms with Crippen LogP contribution in [0.1, 0.15) is 88.8 Å². The van der Waals surface area contributed by atoms with Gasteiger partial charge >= 0.3 is 0 Å². The number of thiophene rings is 1. The molecule has 2 aromatic carbocycles. The Bertz CT molecular complexity index is 1180. The Morgan fingerprint density at radius 1 is 0.816 bits per heavy atom. The third-order valence-corrected chi connectivity index (χ3v) is 7.03. The maximum Gasteiger partial charge on any atom is 0.0349 e. The van der Waals surface area contributed by atoms with Crippen molar-refractivity contribution in [2.24, 2.45) is 0 Å². The van der Waals surface area contributed by atoms with Gasteiger partial charge in [-0.25, -0.2) is 0 Å². The molecule has 1 heterocycles. The summed E-state index contributed by atoms with van der Waals surface area (Å²) in [6.45, 7) is 20.3. The Morgan fingerprint density at radius 3 is 2.00 bits per heavy atom. The van der Waals surface area contributed by atoms with E-state index in [1.165, 1.54) is 56.0 Å². The molecule has 0 saturated heterocycles. The minimum absolute atomic E-state index is 0.598. The standard InChI is InChI=1S/C19H20S.C14H16.2C2H6/c1-14(2)15-8-10-17(11-9-15)19-13-12-18(20-19)16-6-4-3-5-7-16;1-4-5-6-7-13(3)14-10-8-12(2)9-11-14;2*1-2/h4,6-14H,3,5H2,1-2H3;4-11H,1H2,2-3H3;2*1-2H3/b;6-5-,13-7+;;. The highest BCUT2D eigenvalue weighted by Crippen LogP contribution is 2.34. The quantitative estimate of drug-likeness (QED) is 0.281. The molecule has 1 heteroatoms. The van der Waals surface area contributed by atoms with E-state index in [1.807, 2.05) is 51.2 Å². The first-order valence-electron chi connectivity index (χ1n) is 14.1. The van der Waals surface area contributed by atoms with Crippen LogP contribution in [0.25, 0.3) is 21.6 Å². The average molecular weight is 525 g/mol. The first-order chi connectivity index (χ1) is 18.5. The molecule has 1 aromatic heterocycles. The summed E-state index contributed by atoms with van der Waals surface area (Å²) in [5.74, 6) is 0.598. The van der Waals surface area contributed by atoms with Crippen LogP contribution in [0.15, 0.2) is 110 Å². The molecule has 0 radical (unpaired) electrons. The number of aryl methyl sites for hydroxylation is 1. The second-order valence-electron chi connectivity index (χ2n) is 8.92. The van der Waals surface area contributed by atoms with Gasteiger partial charge in [-0.2, -0.15) is 0 Å². The van der Waals surface area contributed by atoms with Crippen molar-refractivity contribution in [1.82, 2.24) is 0 Å². The summed E-state index contributed by atoms with van der Waals surface area (Å²) >= 11 is 1.89. The smallest absolute Gasteiger partial charge is 0.0349 e. The molecule has 0 spiro atoms. The molecule has 202 valence electrons. The fourth-order valence-corrected chi connectivity index (χ4v) is 4.70. The Balaban J connectivity index is 0.000000354. The van der Waals surface area contributed by atoms with Gasteiger partial charge in [0.05, 0.1) is 0 Å². The van der Waals surface area contributed by atoms with E-state index in [0.717, 1.165) is 0 Å². The summed E-state index contributed by atoms with van der Waals surface area (Å²) in [6.07, 6.45) is 17.0. The minimum Gasteiger partial charge on any atom is -0.135 e. The van der Waals surface area contributed by atoms with Crippen molar-refractivity contribution < 1.29 is 0 Å². The van der Waals surface area contributed by atoms with E-state index in [1.54, 1.807) is 6.08 Å². The zero-order valence-electron chi connectivity index (χ0n) is 24.9. The second-order valence-corrected chi connectivity index (χ2v) is 10.00. The molecule has 0 atom stereocenters. The molecule has 0 saturated carbocycles. The van der Waals surface area contributed by atoms with Crippen molar-refractivity contribution >= 4 is 22.5 Å². The summed E-state index contributed by atoms with van der Waals surface area (Å²) in [7, 11) is 0. The predicted molar refractivity (Wildman–Crippen MR) is 177 cm³/mol. The first-order valence-corrected chi connectivity index (χ1v) is 14.9. The molecule has 3 aromatic rings. The van der Waals surface area contributed by atoms with E-state index in [0.29, 0.717) is 5.92 Å². The van der Waals surface area contributed by atoms with Crippen molar-refractivity contribution in [2.75, 3.05) is 0 Å². The molecule has 4 rings (SSSR count). The van der Waals surface area contributed by atoms with Gasteiger partial charge < -0.3 is 0 Å². The molecule has 0 nitrogen and oxygen atoms in total. The molecule has 0 aliphatic heterocycles. The van der Waals surface area contributed by atoms with Crippen LogP contribution in [-0.4, -0.2) is 0 Å². The Hall–Kier alpha value is -3.16. The van der Waals surface area contributed by atoms with E-state index in [2.05, 4.69) is 119 Å².